The van der Waals surface area contributed by atoms with Crippen molar-refractivity contribution >= 4 is 16.8 Å². The van der Waals surface area contributed by atoms with Crippen LogP contribution in [-0.4, -0.2) is 5.24 Å². The molecule has 0 aromatic rings. The lowest BCUT2D eigenvalue weighted by Gasteiger charge is -2.18. The van der Waals surface area contributed by atoms with E-state index >= 15 is 0 Å². The van der Waals surface area contributed by atoms with Crippen LogP contribution in [0.5, 0.6) is 0 Å². The summed E-state index contributed by atoms with van der Waals surface area (Å²) in [7, 11) is 0. The Morgan fingerprint density at radius 2 is 1.73 bits per heavy atom. The molecular formula is C13H25ClO. The van der Waals surface area contributed by atoms with Gasteiger partial charge in [0.1, 0.15) is 0 Å². The molecule has 0 rings (SSSR count). The average Bonchev–Trinajstić information content (AvgIpc) is 2.14. The summed E-state index contributed by atoms with van der Waals surface area (Å²) < 4.78 is 0. The first-order valence-electron chi connectivity index (χ1n) is 6.16. The molecule has 0 aliphatic carbocycles. The van der Waals surface area contributed by atoms with Gasteiger partial charge in [-0.25, -0.2) is 0 Å². The number of halogens is 1. The number of hydrogen-bond donors (Lipinski definition) is 0. The van der Waals surface area contributed by atoms with Crippen molar-refractivity contribution in [3.63, 3.8) is 0 Å². The van der Waals surface area contributed by atoms with Crippen molar-refractivity contribution in [2.75, 3.05) is 0 Å². The minimum absolute atomic E-state index is 0.0139. The van der Waals surface area contributed by atoms with Gasteiger partial charge < -0.3 is 0 Å². The van der Waals surface area contributed by atoms with Crippen molar-refractivity contribution in [2.24, 2.45) is 17.8 Å². The third-order valence-corrected chi connectivity index (χ3v) is 3.37. The fourth-order valence-electron chi connectivity index (χ4n) is 2.15. The van der Waals surface area contributed by atoms with Crippen molar-refractivity contribution in [2.45, 2.75) is 59.8 Å². The van der Waals surface area contributed by atoms with Gasteiger partial charge in [0.2, 0.25) is 5.24 Å². The maximum atomic E-state index is 10.9. The molecule has 0 saturated carbocycles. The van der Waals surface area contributed by atoms with E-state index in [0.717, 1.165) is 12.3 Å². The summed E-state index contributed by atoms with van der Waals surface area (Å²) in [6.07, 6.45) is 6.05. The largest absolute Gasteiger partial charge is 0.281 e. The third-order valence-electron chi connectivity index (χ3n) is 3.00. The van der Waals surface area contributed by atoms with E-state index in [-0.39, 0.29) is 11.2 Å². The molecule has 0 aromatic carbocycles. The van der Waals surface area contributed by atoms with Gasteiger partial charge in [0.05, 0.1) is 0 Å². The summed E-state index contributed by atoms with van der Waals surface area (Å²) in [5.74, 6) is 1.40. The van der Waals surface area contributed by atoms with E-state index in [0.29, 0.717) is 5.92 Å². The molecular weight excluding hydrogens is 208 g/mol. The second-order valence-electron chi connectivity index (χ2n) is 5.03. The van der Waals surface area contributed by atoms with Crippen molar-refractivity contribution in [1.29, 1.82) is 0 Å². The van der Waals surface area contributed by atoms with Gasteiger partial charge in [0, 0.05) is 5.92 Å². The molecule has 15 heavy (non-hydrogen) atoms. The van der Waals surface area contributed by atoms with Gasteiger partial charge in [0.15, 0.2) is 0 Å². The minimum atomic E-state index is -0.192. The lowest BCUT2D eigenvalue weighted by atomic mass is 9.88. The first-order valence-corrected chi connectivity index (χ1v) is 6.54. The molecule has 0 bridgehead atoms. The summed E-state index contributed by atoms with van der Waals surface area (Å²) in [6, 6.07) is 0. The van der Waals surface area contributed by atoms with Crippen molar-refractivity contribution in [1.82, 2.24) is 0 Å². The molecule has 0 radical (unpaired) electrons. The SMILES string of the molecule is CCCCC(C)CC(C)CC(C)C(=O)Cl. The maximum absolute atomic E-state index is 10.9. The average molecular weight is 233 g/mol. The van der Waals surface area contributed by atoms with Crippen LogP contribution in [0, 0.1) is 17.8 Å². The van der Waals surface area contributed by atoms with Gasteiger partial charge in [-0.2, -0.15) is 0 Å². The van der Waals surface area contributed by atoms with E-state index in [2.05, 4.69) is 20.8 Å². The molecule has 3 atom stereocenters. The highest BCUT2D eigenvalue weighted by atomic mass is 35.5. The molecule has 0 N–H and O–H groups in total. The quantitative estimate of drug-likeness (QED) is 0.558. The summed E-state index contributed by atoms with van der Waals surface area (Å²) >= 11 is 5.45. The lowest BCUT2D eigenvalue weighted by Crippen LogP contribution is -2.11. The Labute approximate surface area is 99.6 Å². The monoisotopic (exact) mass is 232 g/mol. The van der Waals surface area contributed by atoms with E-state index in [9.17, 15) is 4.79 Å². The molecule has 0 saturated heterocycles. The van der Waals surface area contributed by atoms with Crippen LogP contribution in [0.2, 0.25) is 0 Å². The molecule has 0 fully saturated rings. The van der Waals surface area contributed by atoms with Gasteiger partial charge in [-0.15, -0.1) is 0 Å². The Balaban J connectivity index is 3.72. The number of hydrogen-bond acceptors (Lipinski definition) is 1. The summed E-state index contributed by atoms with van der Waals surface area (Å²) in [5.41, 5.74) is 0. The van der Waals surface area contributed by atoms with Gasteiger partial charge in [-0.05, 0) is 36.3 Å². The van der Waals surface area contributed by atoms with Gasteiger partial charge in [-0.3, -0.25) is 4.79 Å². The number of carbonyl (C=O) groups is 1. The molecule has 0 aliphatic heterocycles. The summed E-state index contributed by atoms with van der Waals surface area (Å²) in [6.45, 7) is 8.67. The van der Waals surface area contributed by atoms with Crippen molar-refractivity contribution < 1.29 is 4.79 Å². The highest BCUT2D eigenvalue weighted by molar-refractivity contribution is 6.63. The van der Waals surface area contributed by atoms with Gasteiger partial charge in [-0.1, -0.05) is 47.0 Å². The topological polar surface area (TPSA) is 17.1 Å². The molecule has 0 amide bonds. The van der Waals surface area contributed by atoms with E-state index in [1.165, 1.54) is 25.7 Å². The van der Waals surface area contributed by atoms with Crippen LogP contribution in [0.3, 0.4) is 0 Å². The van der Waals surface area contributed by atoms with Crippen LogP contribution in [0.15, 0.2) is 0 Å². The molecule has 90 valence electrons. The molecule has 1 nitrogen and oxygen atoms in total. The van der Waals surface area contributed by atoms with E-state index in [4.69, 9.17) is 11.6 Å². The second-order valence-corrected chi connectivity index (χ2v) is 5.40. The predicted molar refractivity (Wildman–Crippen MR) is 67.1 cm³/mol. The number of rotatable bonds is 8. The zero-order valence-electron chi connectivity index (χ0n) is 10.6. The summed E-state index contributed by atoms with van der Waals surface area (Å²) in [4.78, 5) is 10.9. The second kappa shape index (κ2) is 8.15. The predicted octanol–water partition coefficient (Wildman–Crippen LogP) is 4.63. The molecule has 0 spiro atoms. The van der Waals surface area contributed by atoms with Crippen LogP contribution in [0.1, 0.15) is 59.8 Å². The summed E-state index contributed by atoms with van der Waals surface area (Å²) in [5, 5.41) is -0.192. The molecule has 0 heterocycles. The first-order chi connectivity index (χ1) is 6.97. The zero-order valence-corrected chi connectivity index (χ0v) is 11.3. The lowest BCUT2D eigenvalue weighted by molar-refractivity contribution is -0.115. The van der Waals surface area contributed by atoms with Crippen LogP contribution >= 0.6 is 11.6 Å². The Morgan fingerprint density at radius 3 is 2.20 bits per heavy atom. The number of carbonyl (C=O) groups excluding carboxylic acids is 1. The fourth-order valence-corrected chi connectivity index (χ4v) is 2.24. The Kier molecular flexibility index (Phi) is 8.13. The van der Waals surface area contributed by atoms with E-state index < -0.39 is 0 Å². The van der Waals surface area contributed by atoms with Crippen molar-refractivity contribution in [3.8, 4) is 0 Å². The Morgan fingerprint density at radius 1 is 1.13 bits per heavy atom. The van der Waals surface area contributed by atoms with Gasteiger partial charge >= 0.3 is 0 Å². The molecule has 0 aromatic heterocycles. The van der Waals surface area contributed by atoms with Crippen molar-refractivity contribution in [3.05, 3.63) is 0 Å². The van der Waals surface area contributed by atoms with Gasteiger partial charge in [0.25, 0.3) is 0 Å². The molecule has 0 aliphatic rings. The Bertz CT molecular complexity index is 179. The smallest absolute Gasteiger partial charge is 0.224 e. The third kappa shape index (κ3) is 7.84. The molecule has 2 heteroatoms. The van der Waals surface area contributed by atoms with Crippen LogP contribution in [-0.2, 0) is 4.79 Å². The standard InChI is InChI=1S/C13H25ClO/c1-5-6-7-10(2)8-11(3)9-12(4)13(14)15/h10-12H,5-9H2,1-4H3. The van der Waals surface area contributed by atoms with Crippen LogP contribution in [0.4, 0.5) is 0 Å². The minimum Gasteiger partial charge on any atom is -0.281 e. The normalized spacial score (nSPS) is 17.1. The first kappa shape index (κ1) is 15.0. The van der Waals surface area contributed by atoms with E-state index in [1.54, 1.807) is 0 Å². The highest BCUT2D eigenvalue weighted by Gasteiger charge is 2.16. The molecule has 3 unspecified atom stereocenters. The van der Waals surface area contributed by atoms with Crippen LogP contribution in [0.25, 0.3) is 0 Å². The number of unbranched alkanes of at least 4 members (excludes halogenated alkanes) is 1. The fraction of sp³-hybridized carbons (Fsp3) is 0.923. The van der Waals surface area contributed by atoms with Crippen LogP contribution < -0.4 is 0 Å². The zero-order chi connectivity index (χ0) is 11.8. The maximum Gasteiger partial charge on any atom is 0.224 e. The highest BCUT2D eigenvalue weighted by Crippen LogP contribution is 2.23. The Hall–Kier alpha value is -0.0400. The van der Waals surface area contributed by atoms with E-state index in [1.807, 2.05) is 6.92 Å².